The molecule has 1 aromatic rings. The van der Waals surface area contributed by atoms with Crippen LogP contribution in [0.1, 0.15) is 12.0 Å². The Kier molecular flexibility index (Phi) is 6.33. The fourth-order valence-electron chi connectivity index (χ4n) is 1.20. The number of halogens is 1. The van der Waals surface area contributed by atoms with Crippen LogP contribution >= 0.6 is 23.4 Å². The Hall–Kier alpha value is -0.230. The molecule has 17 heavy (non-hydrogen) atoms. The fraction of sp³-hybridized carbons (Fsp3) is 0.455. The molecule has 1 N–H and O–H groups in total. The highest BCUT2D eigenvalue weighted by atomic mass is 35.5. The first-order valence-corrected chi connectivity index (χ1v) is 8.66. The number of hydrogen-bond donors (Lipinski definition) is 1. The average molecular weight is 294 g/mol. The summed E-state index contributed by atoms with van der Waals surface area (Å²) in [5.41, 5.74) is 1.23. The Morgan fingerprint density at radius 3 is 2.53 bits per heavy atom. The molecule has 0 aliphatic rings. The van der Waals surface area contributed by atoms with Crippen molar-refractivity contribution in [2.45, 2.75) is 12.2 Å². The van der Waals surface area contributed by atoms with Gasteiger partial charge in [-0.05, 0) is 29.9 Å². The summed E-state index contributed by atoms with van der Waals surface area (Å²) >= 11 is 7.57. The van der Waals surface area contributed by atoms with Crippen LogP contribution in [0.25, 0.3) is 0 Å². The van der Waals surface area contributed by atoms with Gasteiger partial charge in [0.2, 0.25) is 10.0 Å². The van der Waals surface area contributed by atoms with E-state index in [2.05, 4.69) is 4.72 Å². The van der Waals surface area contributed by atoms with Gasteiger partial charge in [0.05, 0.1) is 6.26 Å². The minimum absolute atomic E-state index is 0.506. The van der Waals surface area contributed by atoms with Crippen molar-refractivity contribution in [3.63, 3.8) is 0 Å². The van der Waals surface area contributed by atoms with Gasteiger partial charge in [0, 0.05) is 17.3 Å². The topological polar surface area (TPSA) is 46.2 Å². The van der Waals surface area contributed by atoms with Crippen LogP contribution < -0.4 is 4.72 Å². The average Bonchev–Trinajstić information content (AvgIpc) is 2.24. The zero-order valence-electron chi connectivity index (χ0n) is 9.65. The van der Waals surface area contributed by atoms with Gasteiger partial charge in [0.1, 0.15) is 0 Å². The molecule has 0 aliphatic carbocycles. The Morgan fingerprint density at radius 1 is 1.29 bits per heavy atom. The number of rotatable bonds is 7. The molecule has 0 atom stereocenters. The normalized spacial score (nSPS) is 11.6. The molecular weight excluding hydrogens is 278 g/mol. The van der Waals surface area contributed by atoms with Gasteiger partial charge in [-0.15, -0.1) is 0 Å². The molecule has 1 aromatic carbocycles. The van der Waals surface area contributed by atoms with Crippen LogP contribution in [0.3, 0.4) is 0 Å². The number of benzene rings is 1. The second kappa shape index (κ2) is 7.26. The van der Waals surface area contributed by atoms with E-state index in [-0.39, 0.29) is 0 Å². The van der Waals surface area contributed by atoms with E-state index in [1.165, 1.54) is 11.8 Å². The molecule has 0 unspecified atom stereocenters. The fourth-order valence-corrected chi connectivity index (χ4v) is 2.76. The standard InChI is InChI=1S/C11H16ClNO2S2/c1-17(14,15)13-7-2-8-16-9-10-3-5-11(12)6-4-10/h3-6,13H,2,7-9H2,1H3. The molecule has 96 valence electrons. The quantitative estimate of drug-likeness (QED) is 0.786. The van der Waals surface area contributed by atoms with Crippen LogP contribution in [0.2, 0.25) is 5.02 Å². The molecule has 0 bridgehead atoms. The maximum Gasteiger partial charge on any atom is 0.208 e. The van der Waals surface area contributed by atoms with Crippen molar-refractivity contribution in [2.24, 2.45) is 0 Å². The maximum absolute atomic E-state index is 10.8. The lowest BCUT2D eigenvalue weighted by Gasteiger charge is -2.03. The van der Waals surface area contributed by atoms with Crippen LogP contribution in [0.15, 0.2) is 24.3 Å². The lowest BCUT2D eigenvalue weighted by Crippen LogP contribution is -2.23. The summed E-state index contributed by atoms with van der Waals surface area (Å²) in [7, 11) is -3.04. The molecule has 1 rings (SSSR count). The van der Waals surface area contributed by atoms with Gasteiger partial charge in [-0.25, -0.2) is 13.1 Å². The highest BCUT2D eigenvalue weighted by Crippen LogP contribution is 2.15. The van der Waals surface area contributed by atoms with Crippen LogP contribution in [-0.4, -0.2) is 27.0 Å². The van der Waals surface area contributed by atoms with Crippen molar-refractivity contribution in [1.29, 1.82) is 0 Å². The Balaban J connectivity index is 2.10. The van der Waals surface area contributed by atoms with Crippen molar-refractivity contribution < 1.29 is 8.42 Å². The first-order valence-electron chi connectivity index (χ1n) is 5.24. The first-order chi connectivity index (χ1) is 7.97. The third-order valence-electron chi connectivity index (χ3n) is 2.01. The summed E-state index contributed by atoms with van der Waals surface area (Å²) in [6.45, 7) is 0.506. The molecular formula is C11H16ClNO2S2. The molecule has 6 heteroatoms. The first kappa shape index (κ1) is 14.8. The van der Waals surface area contributed by atoms with Crippen molar-refractivity contribution in [3.05, 3.63) is 34.9 Å². The number of nitrogens with one attached hydrogen (secondary N) is 1. The van der Waals surface area contributed by atoms with Gasteiger partial charge in [0.25, 0.3) is 0 Å². The van der Waals surface area contributed by atoms with Crippen LogP contribution in [0, 0.1) is 0 Å². The van der Waals surface area contributed by atoms with E-state index < -0.39 is 10.0 Å². The van der Waals surface area contributed by atoms with E-state index >= 15 is 0 Å². The van der Waals surface area contributed by atoms with Crippen molar-refractivity contribution >= 4 is 33.4 Å². The van der Waals surface area contributed by atoms with E-state index in [9.17, 15) is 8.42 Å². The molecule has 0 saturated heterocycles. The molecule has 0 heterocycles. The van der Waals surface area contributed by atoms with E-state index in [1.807, 2.05) is 24.3 Å². The lowest BCUT2D eigenvalue weighted by molar-refractivity contribution is 0.587. The number of sulfonamides is 1. The molecule has 0 radical (unpaired) electrons. The van der Waals surface area contributed by atoms with Crippen LogP contribution in [-0.2, 0) is 15.8 Å². The predicted molar refractivity (Wildman–Crippen MR) is 75.1 cm³/mol. The summed E-state index contributed by atoms with van der Waals surface area (Å²) in [6, 6.07) is 7.76. The molecule has 0 aliphatic heterocycles. The smallest absolute Gasteiger partial charge is 0.208 e. The predicted octanol–water partition coefficient (Wildman–Crippen LogP) is 2.51. The minimum atomic E-state index is -3.04. The van der Waals surface area contributed by atoms with E-state index in [0.717, 1.165) is 22.9 Å². The van der Waals surface area contributed by atoms with Crippen molar-refractivity contribution in [1.82, 2.24) is 4.72 Å². The molecule has 3 nitrogen and oxygen atoms in total. The highest BCUT2D eigenvalue weighted by Gasteiger charge is 1.99. The summed E-state index contributed by atoms with van der Waals surface area (Å²) in [6.07, 6.45) is 2.01. The largest absolute Gasteiger partial charge is 0.215 e. The van der Waals surface area contributed by atoms with Gasteiger partial charge < -0.3 is 0 Å². The maximum atomic E-state index is 10.8. The Bertz CT molecular complexity index is 431. The van der Waals surface area contributed by atoms with Crippen LogP contribution in [0.5, 0.6) is 0 Å². The summed E-state index contributed by atoms with van der Waals surface area (Å²) < 4.78 is 24.0. The van der Waals surface area contributed by atoms with E-state index in [4.69, 9.17) is 11.6 Å². The van der Waals surface area contributed by atoms with Gasteiger partial charge in [-0.2, -0.15) is 11.8 Å². The second-order valence-corrected chi connectivity index (χ2v) is 7.07. The monoisotopic (exact) mass is 293 g/mol. The van der Waals surface area contributed by atoms with Gasteiger partial charge in [-0.3, -0.25) is 0 Å². The molecule has 0 spiro atoms. The molecule has 0 amide bonds. The van der Waals surface area contributed by atoms with E-state index in [1.54, 1.807) is 11.8 Å². The highest BCUT2D eigenvalue weighted by molar-refractivity contribution is 7.98. The molecule has 0 fully saturated rings. The summed E-state index contributed by atoms with van der Waals surface area (Å²) in [4.78, 5) is 0. The Labute approximate surface area is 112 Å². The lowest BCUT2D eigenvalue weighted by atomic mass is 10.2. The minimum Gasteiger partial charge on any atom is -0.215 e. The second-order valence-electron chi connectivity index (χ2n) is 3.70. The van der Waals surface area contributed by atoms with Gasteiger partial charge >= 0.3 is 0 Å². The van der Waals surface area contributed by atoms with Crippen LogP contribution in [0.4, 0.5) is 0 Å². The van der Waals surface area contributed by atoms with Crippen molar-refractivity contribution in [3.8, 4) is 0 Å². The third-order valence-corrected chi connectivity index (χ3v) is 4.11. The number of hydrogen-bond acceptors (Lipinski definition) is 3. The zero-order valence-corrected chi connectivity index (χ0v) is 12.0. The molecule has 0 aromatic heterocycles. The third kappa shape index (κ3) is 7.65. The Morgan fingerprint density at radius 2 is 1.94 bits per heavy atom. The van der Waals surface area contributed by atoms with Crippen molar-refractivity contribution in [2.75, 3.05) is 18.6 Å². The zero-order chi connectivity index (χ0) is 12.7. The SMILES string of the molecule is CS(=O)(=O)NCCCSCc1ccc(Cl)cc1. The van der Waals surface area contributed by atoms with Gasteiger partial charge in [-0.1, -0.05) is 23.7 Å². The summed E-state index contributed by atoms with van der Waals surface area (Å²) in [5, 5.41) is 0.746. The van der Waals surface area contributed by atoms with E-state index in [0.29, 0.717) is 6.54 Å². The van der Waals surface area contributed by atoms with Gasteiger partial charge in [0.15, 0.2) is 0 Å². The number of thioether (sulfide) groups is 1. The summed E-state index contributed by atoms with van der Waals surface area (Å²) in [5.74, 6) is 1.86. The molecule has 0 saturated carbocycles.